The van der Waals surface area contributed by atoms with Gasteiger partial charge in [-0.2, -0.15) is 0 Å². The number of benzene rings is 1. The first kappa shape index (κ1) is 12.0. The molecule has 5 heteroatoms. The van der Waals surface area contributed by atoms with Crippen molar-refractivity contribution in [2.75, 3.05) is 6.61 Å². The van der Waals surface area contributed by atoms with E-state index in [-0.39, 0.29) is 13.0 Å². The summed E-state index contributed by atoms with van der Waals surface area (Å²) in [6.45, 7) is 0.0601. The molecule has 0 bridgehead atoms. The van der Waals surface area contributed by atoms with Crippen molar-refractivity contribution in [3.05, 3.63) is 28.7 Å². The fraction of sp³-hybridized carbons (Fsp3) is 0.300. The van der Waals surface area contributed by atoms with Crippen molar-refractivity contribution in [1.29, 1.82) is 0 Å². The van der Waals surface area contributed by atoms with Gasteiger partial charge >= 0.3 is 0 Å². The third-order valence-corrected chi connectivity index (χ3v) is 2.22. The van der Waals surface area contributed by atoms with Crippen LogP contribution in [0.3, 0.4) is 0 Å². The van der Waals surface area contributed by atoms with Crippen LogP contribution in [0.25, 0.3) is 0 Å². The van der Waals surface area contributed by atoms with E-state index in [9.17, 15) is 9.90 Å². The van der Waals surface area contributed by atoms with Crippen molar-refractivity contribution < 1.29 is 14.6 Å². The molecule has 1 atom stereocenters. The number of primary amides is 1. The molecule has 0 aromatic heterocycles. The Labute approximate surface area is 96.2 Å². The fourth-order valence-electron chi connectivity index (χ4n) is 1.01. The van der Waals surface area contributed by atoms with Crippen LogP contribution in [0.4, 0.5) is 0 Å². The molecule has 1 amide bonds. The number of aliphatic hydroxyl groups is 1. The number of halogens is 1. The summed E-state index contributed by atoms with van der Waals surface area (Å²) >= 11 is 3.29. The van der Waals surface area contributed by atoms with Crippen LogP contribution in [0, 0.1) is 0 Å². The minimum absolute atomic E-state index is 0.0601. The topological polar surface area (TPSA) is 72.6 Å². The van der Waals surface area contributed by atoms with Crippen molar-refractivity contribution in [2.24, 2.45) is 5.73 Å². The smallest absolute Gasteiger partial charge is 0.220 e. The molecular formula is C10H12BrNO3. The Kier molecular flexibility index (Phi) is 4.58. The Morgan fingerprint density at radius 2 is 2.07 bits per heavy atom. The van der Waals surface area contributed by atoms with Gasteiger partial charge in [-0.1, -0.05) is 15.9 Å². The molecule has 0 fully saturated rings. The quantitative estimate of drug-likeness (QED) is 0.843. The van der Waals surface area contributed by atoms with E-state index in [1.807, 2.05) is 12.1 Å². The zero-order chi connectivity index (χ0) is 11.3. The van der Waals surface area contributed by atoms with Crippen LogP contribution in [0.2, 0.25) is 0 Å². The van der Waals surface area contributed by atoms with E-state index in [4.69, 9.17) is 10.5 Å². The number of hydrogen-bond donors (Lipinski definition) is 2. The second kappa shape index (κ2) is 5.72. The summed E-state index contributed by atoms with van der Waals surface area (Å²) in [5.41, 5.74) is 4.92. The van der Waals surface area contributed by atoms with E-state index < -0.39 is 12.0 Å². The van der Waals surface area contributed by atoms with E-state index in [1.54, 1.807) is 12.1 Å². The van der Waals surface area contributed by atoms with Crippen LogP contribution in [0.15, 0.2) is 28.7 Å². The van der Waals surface area contributed by atoms with E-state index in [2.05, 4.69) is 15.9 Å². The summed E-state index contributed by atoms with van der Waals surface area (Å²) in [5.74, 6) is 0.101. The van der Waals surface area contributed by atoms with Crippen molar-refractivity contribution in [3.8, 4) is 5.75 Å². The lowest BCUT2D eigenvalue weighted by atomic mass is 10.2. The second-order valence-electron chi connectivity index (χ2n) is 3.09. The predicted molar refractivity (Wildman–Crippen MR) is 59.5 cm³/mol. The van der Waals surface area contributed by atoms with Gasteiger partial charge in [0.25, 0.3) is 0 Å². The van der Waals surface area contributed by atoms with Gasteiger partial charge in [-0.05, 0) is 24.3 Å². The van der Waals surface area contributed by atoms with E-state index in [0.717, 1.165) is 4.47 Å². The molecule has 0 saturated heterocycles. The van der Waals surface area contributed by atoms with Gasteiger partial charge in [0.15, 0.2) is 0 Å². The summed E-state index contributed by atoms with van der Waals surface area (Å²) in [5, 5.41) is 9.30. The highest BCUT2D eigenvalue weighted by molar-refractivity contribution is 9.10. The Bertz CT molecular complexity index is 326. The van der Waals surface area contributed by atoms with Crippen LogP contribution < -0.4 is 10.5 Å². The number of carbonyl (C=O) groups is 1. The van der Waals surface area contributed by atoms with E-state index in [0.29, 0.717) is 5.75 Å². The molecule has 0 aliphatic heterocycles. The van der Waals surface area contributed by atoms with Gasteiger partial charge < -0.3 is 15.6 Å². The largest absolute Gasteiger partial charge is 0.491 e. The van der Waals surface area contributed by atoms with Gasteiger partial charge in [-0.3, -0.25) is 4.79 Å². The number of ether oxygens (including phenoxy) is 1. The minimum Gasteiger partial charge on any atom is -0.491 e. The lowest BCUT2D eigenvalue weighted by Crippen LogP contribution is -2.25. The zero-order valence-corrected chi connectivity index (χ0v) is 9.61. The standard InChI is InChI=1S/C10H12BrNO3/c11-7-1-3-9(4-2-7)15-6-8(13)5-10(12)14/h1-4,8,13H,5-6H2,(H2,12,14)/t8-/m1/s1. The maximum absolute atomic E-state index is 10.5. The highest BCUT2D eigenvalue weighted by Crippen LogP contribution is 2.16. The molecule has 3 N–H and O–H groups in total. The molecule has 1 rings (SSSR count). The number of carbonyl (C=O) groups excluding carboxylic acids is 1. The van der Waals surface area contributed by atoms with Gasteiger partial charge in [0, 0.05) is 4.47 Å². The fourth-order valence-corrected chi connectivity index (χ4v) is 1.28. The van der Waals surface area contributed by atoms with Crippen LogP contribution in [-0.2, 0) is 4.79 Å². The summed E-state index contributed by atoms with van der Waals surface area (Å²) in [4.78, 5) is 10.5. The molecular weight excluding hydrogens is 262 g/mol. The molecule has 4 nitrogen and oxygen atoms in total. The van der Waals surface area contributed by atoms with Crippen LogP contribution in [0.5, 0.6) is 5.75 Å². The van der Waals surface area contributed by atoms with Crippen molar-refractivity contribution in [2.45, 2.75) is 12.5 Å². The van der Waals surface area contributed by atoms with E-state index >= 15 is 0 Å². The van der Waals surface area contributed by atoms with Gasteiger partial charge in [0.2, 0.25) is 5.91 Å². The molecule has 0 unspecified atom stereocenters. The highest BCUT2D eigenvalue weighted by atomic mass is 79.9. The van der Waals surface area contributed by atoms with Crippen molar-refractivity contribution in [3.63, 3.8) is 0 Å². The molecule has 0 heterocycles. The van der Waals surface area contributed by atoms with Gasteiger partial charge in [0.05, 0.1) is 12.5 Å². The van der Waals surface area contributed by atoms with Gasteiger partial charge in [0.1, 0.15) is 12.4 Å². The molecule has 0 saturated carbocycles. The normalized spacial score (nSPS) is 12.1. The minimum atomic E-state index is -0.855. The third kappa shape index (κ3) is 4.80. The summed E-state index contributed by atoms with van der Waals surface area (Å²) in [7, 11) is 0. The molecule has 0 radical (unpaired) electrons. The lowest BCUT2D eigenvalue weighted by molar-refractivity contribution is -0.120. The molecule has 82 valence electrons. The lowest BCUT2D eigenvalue weighted by Gasteiger charge is -2.10. The summed E-state index contributed by atoms with van der Waals surface area (Å²) in [6.07, 6.45) is -0.942. The number of nitrogens with two attached hydrogens (primary N) is 1. The van der Waals surface area contributed by atoms with Crippen LogP contribution in [0.1, 0.15) is 6.42 Å². The number of amides is 1. The van der Waals surface area contributed by atoms with Crippen molar-refractivity contribution in [1.82, 2.24) is 0 Å². The number of rotatable bonds is 5. The molecule has 0 aliphatic carbocycles. The maximum atomic E-state index is 10.5. The molecule has 0 aliphatic rings. The molecule has 1 aromatic rings. The Morgan fingerprint density at radius 1 is 1.47 bits per heavy atom. The van der Waals surface area contributed by atoms with Crippen molar-refractivity contribution >= 4 is 21.8 Å². The molecule has 0 spiro atoms. The maximum Gasteiger partial charge on any atom is 0.220 e. The first-order chi connectivity index (χ1) is 7.08. The third-order valence-electron chi connectivity index (χ3n) is 1.69. The second-order valence-corrected chi connectivity index (χ2v) is 4.00. The monoisotopic (exact) mass is 273 g/mol. The zero-order valence-electron chi connectivity index (χ0n) is 8.02. The number of hydrogen-bond acceptors (Lipinski definition) is 3. The first-order valence-corrected chi connectivity index (χ1v) is 5.22. The predicted octanol–water partition coefficient (Wildman–Crippen LogP) is 1.06. The first-order valence-electron chi connectivity index (χ1n) is 4.42. The summed E-state index contributed by atoms with van der Waals surface area (Å²) in [6, 6.07) is 7.19. The number of aliphatic hydroxyl groups excluding tert-OH is 1. The molecule has 1 aromatic carbocycles. The van der Waals surface area contributed by atoms with Crippen LogP contribution >= 0.6 is 15.9 Å². The van der Waals surface area contributed by atoms with Crippen LogP contribution in [-0.4, -0.2) is 23.7 Å². The Morgan fingerprint density at radius 3 is 2.60 bits per heavy atom. The van der Waals surface area contributed by atoms with Gasteiger partial charge in [-0.25, -0.2) is 0 Å². The molecule has 15 heavy (non-hydrogen) atoms. The Hall–Kier alpha value is -1.07. The SMILES string of the molecule is NC(=O)C[C@@H](O)COc1ccc(Br)cc1. The average molecular weight is 274 g/mol. The highest BCUT2D eigenvalue weighted by Gasteiger charge is 2.08. The Balaban J connectivity index is 2.36. The van der Waals surface area contributed by atoms with Gasteiger partial charge in [-0.15, -0.1) is 0 Å². The summed E-state index contributed by atoms with van der Waals surface area (Å²) < 4.78 is 6.20. The average Bonchev–Trinajstić information content (AvgIpc) is 2.16. The van der Waals surface area contributed by atoms with E-state index in [1.165, 1.54) is 0 Å².